The monoisotopic (exact) mass is 472 g/mol. The zero-order valence-electron chi connectivity index (χ0n) is 17.8. The van der Waals surface area contributed by atoms with Crippen LogP contribution in [-0.4, -0.2) is 46.6 Å². The number of fused-ring (bicyclic) bond motifs is 1. The highest BCUT2D eigenvalue weighted by Gasteiger charge is 2.51. The summed E-state index contributed by atoms with van der Waals surface area (Å²) < 4.78 is 15.3. The molecule has 8 nitrogen and oxygen atoms in total. The largest absolute Gasteiger partial charge is 0.372 e. The van der Waals surface area contributed by atoms with E-state index in [4.69, 9.17) is 11.6 Å². The van der Waals surface area contributed by atoms with E-state index in [1.807, 2.05) is 6.07 Å². The van der Waals surface area contributed by atoms with Crippen LogP contribution in [0.5, 0.6) is 0 Å². The first-order valence-electron chi connectivity index (χ1n) is 10.3. The summed E-state index contributed by atoms with van der Waals surface area (Å²) in [6.07, 6.45) is 1.69. The van der Waals surface area contributed by atoms with Crippen molar-refractivity contribution in [2.45, 2.75) is 25.1 Å². The van der Waals surface area contributed by atoms with Crippen molar-refractivity contribution in [3.05, 3.63) is 65.1 Å². The number of hydrogen-bond donors (Lipinski definition) is 3. The van der Waals surface area contributed by atoms with Gasteiger partial charge in [0.25, 0.3) is 11.8 Å². The highest BCUT2D eigenvalue weighted by molar-refractivity contribution is 6.30. The van der Waals surface area contributed by atoms with Crippen molar-refractivity contribution in [2.75, 3.05) is 18.5 Å². The Labute approximate surface area is 193 Å². The highest BCUT2D eigenvalue weighted by Crippen LogP contribution is 2.31. The van der Waals surface area contributed by atoms with Gasteiger partial charge < -0.3 is 25.2 Å². The van der Waals surface area contributed by atoms with Gasteiger partial charge in [0.05, 0.1) is 0 Å². The number of carbonyl (C=O) groups is 3. The molecule has 0 bridgehead atoms. The molecule has 0 saturated carbocycles. The fourth-order valence-electron chi connectivity index (χ4n) is 3.93. The number of nitrogens with zero attached hydrogens (tertiary/aromatic N) is 2. The van der Waals surface area contributed by atoms with Crippen LogP contribution in [0.25, 0.3) is 10.9 Å². The van der Waals surface area contributed by atoms with Crippen LogP contribution in [-0.2, 0) is 27.5 Å². The Bertz CT molecular complexity index is 1240. The van der Waals surface area contributed by atoms with Crippen molar-refractivity contribution in [2.24, 2.45) is 0 Å². The van der Waals surface area contributed by atoms with Gasteiger partial charge >= 0.3 is 0 Å². The first kappa shape index (κ1) is 22.8. The molecule has 33 heavy (non-hydrogen) atoms. The highest BCUT2D eigenvalue weighted by atomic mass is 35.5. The number of halogens is 2. The fourth-order valence-corrected chi connectivity index (χ4v) is 4.18. The van der Waals surface area contributed by atoms with Crippen LogP contribution in [0.4, 0.5) is 10.1 Å². The van der Waals surface area contributed by atoms with E-state index in [1.165, 1.54) is 17.0 Å². The number of rotatable bonds is 6. The summed E-state index contributed by atoms with van der Waals surface area (Å²) in [6.45, 7) is 0.230. The number of hydrogen-bond acceptors (Lipinski definition) is 4. The fraction of sp³-hybridized carbons (Fsp3) is 0.261. The second-order valence-electron chi connectivity index (χ2n) is 7.89. The van der Waals surface area contributed by atoms with Crippen LogP contribution in [0.1, 0.15) is 12.0 Å². The van der Waals surface area contributed by atoms with Crippen LogP contribution in [0.15, 0.2) is 48.7 Å². The molecule has 0 spiro atoms. The van der Waals surface area contributed by atoms with Gasteiger partial charge in [0.2, 0.25) is 11.5 Å². The van der Waals surface area contributed by atoms with Gasteiger partial charge in [-0.15, -0.1) is 0 Å². The minimum atomic E-state index is -2.22. The summed E-state index contributed by atoms with van der Waals surface area (Å²) in [4.78, 5) is 38.7. The van der Waals surface area contributed by atoms with E-state index >= 15 is 0 Å². The zero-order chi connectivity index (χ0) is 23.8. The van der Waals surface area contributed by atoms with Crippen molar-refractivity contribution in [1.82, 2.24) is 15.2 Å². The summed E-state index contributed by atoms with van der Waals surface area (Å²) in [5.74, 6) is -2.27. The molecule has 3 N–H and O–H groups in total. The molecule has 3 amide bonds. The average Bonchev–Trinajstić information content (AvgIpc) is 3.32. The molecule has 1 saturated heterocycles. The molecule has 0 unspecified atom stereocenters. The Morgan fingerprint density at radius 3 is 2.73 bits per heavy atom. The Balaban J connectivity index is 1.48. The van der Waals surface area contributed by atoms with Gasteiger partial charge in [-0.1, -0.05) is 11.6 Å². The lowest BCUT2D eigenvalue weighted by Gasteiger charge is -2.22. The summed E-state index contributed by atoms with van der Waals surface area (Å²) in [5.41, 5.74) is -0.468. The summed E-state index contributed by atoms with van der Waals surface area (Å²) in [6, 6.07) is 10.9. The predicted molar refractivity (Wildman–Crippen MR) is 121 cm³/mol. The average molecular weight is 473 g/mol. The minimum absolute atomic E-state index is 0.0860. The molecule has 3 aromatic rings. The number of carbonyl (C=O) groups excluding carboxylic acids is 3. The Morgan fingerprint density at radius 2 is 2.00 bits per heavy atom. The van der Waals surface area contributed by atoms with Gasteiger partial charge in [-0.05, 0) is 48.0 Å². The van der Waals surface area contributed by atoms with Crippen molar-refractivity contribution in [1.29, 1.82) is 0 Å². The molecule has 1 atom stereocenters. The van der Waals surface area contributed by atoms with Crippen LogP contribution >= 0.6 is 11.6 Å². The predicted octanol–water partition coefficient (Wildman–Crippen LogP) is 1.96. The SMILES string of the molecule is CNC(=O)Cn1ccc2cc(N3CC[C@](O)(C(=O)NCc4cc(F)cc(Cl)c4)C3=O)ccc21. The summed E-state index contributed by atoms with van der Waals surface area (Å²) in [7, 11) is 1.57. The van der Waals surface area contributed by atoms with Crippen molar-refractivity contribution in [3.8, 4) is 0 Å². The van der Waals surface area contributed by atoms with Crippen molar-refractivity contribution in [3.63, 3.8) is 0 Å². The molecule has 2 heterocycles. The Hall–Kier alpha value is -3.43. The Morgan fingerprint density at radius 1 is 1.21 bits per heavy atom. The van der Waals surface area contributed by atoms with E-state index in [-0.39, 0.29) is 37.0 Å². The first-order chi connectivity index (χ1) is 15.7. The van der Waals surface area contributed by atoms with Crippen LogP contribution in [0, 0.1) is 5.82 Å². The van der Waals surface area contributed by atoms with Gasteiger partial charge in [0.1, 0.15) is 12.4 Å². The van der Waals surface area contributed by atoms with E-state index in [2.05, 4.69) is 10.6 Å². The van der Waals surface area contributed by atoms with E-state index in [1.54, 1.807) is 36.0 Å². The number of likely N-dealkylation sites (N-methyl/N-ethyl adjacent to an activating group) is 1. The smallest absolute Gasteiger partial charge is 0.268 e. The van der Waals surface area contributed by atoms with Gasteiger partial charge in [-0.25, -0.2) is 4.39 Å². The number of aromatic nitrogens is 1. The Kier molecular flexibility index (Phi) is 6.09. The molecule has 172 valence electrons. The number of benzene rings is 2. The van der Waals surface area contributed by atoms with Crippen molar-refractivity contribution >= 4 is 45.9 Å². The van der Waals surface area contributed by atoms with Crippen molar-refractivity contribution < 1.29 is 23.9 Å². The zero-order valence-corrected chi connectivity index (χ0v) is 18.5. The van der Waals surface area contributed by atoms with Gasteiger partial charge in [0.15, 0.2) is 0 Å². The second kappa shape index (κ2) is 8.84. The normalized spacial score (nSPS) is 18.1. The molecule has 0 aliphatic carbocycles. The molecule has 4 rings (SSSR count). The molecule has 1 fully saturated rings. The van der Waals surface area contributed by atoms with Gasteiger partial charge in [0, 0.05) is 54.4 Å². The number of aliphatic hydroxyl groups is 1. The first-order valence-corrected chi connectivity index (χ1v) is 10.7. The van der Waals surface area contributed by atoms with E-state index in [0.29, 0.717) is 11.3 Å². The summed E-state index contributed by atoms with van der Waals surface area (Å²) >= 11 is 5.82. The van der Waals surface area contributed by atoms with Crippen LogP contribution < -0.4 is 15.5 Å². The molecule has 10 heteroatoms. The van der Waals surface area contributed by atoms with Gasteiger partial charge in [-0.2, -0.15) is 0 Å². The lowest BCUT2D eigenvalue weighted by atomic mass is 10.0. The second-order valence-corrected chi connectivity index (χ2v) is 8.32. The molecular formula is C23H22ClFN4O4. The van der Waals surface area contributed by atoms with Gasteiger partial charge in [-0.3, -0.25) is 14.4 Å². The third kappa shape index (κ3) is 4.42. The maximum absolute atomic E-state index is 13.5. The maximum Gasteiger partial charge on any atom is 0.268 e. The molecule has 2 aromatic carbocycles. The molecule has 1 aromatic heterocycles. The molecule has 1 aliphatic heterocycles. The lowest BCUT2D eigenvalue weighted by molar-refractivity contribution is -0.149. The molecule has 1 aliphatic rings. The number of anilines is 1. The maximum atomic E-state index is 13.5. The quantitative estimate of drug-likeness (QED) is 0.477. The van der Waals surface area contributed by atoms with E-state index in [0.717, 1.165) is 17.0 Å². The van der Waals surface area contributed by atoms with E-state index < -0.39 is 23.2 Å². The summed E-state index contributed by atoms with van der Waals surface area (Å²) in [5, 5.41) is 16.9. The minimum Gasteiger partial charge on any atom is -0.372 e. The number of amides is 3. The van der Waals surface area contributed by atoms with E-state index in [9.17, 15) is 23.9 Å². The third-order valence-corrected chi connectivity index (χ3v) is 5.92. The standard InChI is InChI=1S/C23H22ClFN4O4/c1-26-20(30)13-28-6-4-15-10-18(2-3-19(15)28)29-7-5-23(33,22(29)32)21(31)27-12-14-8-16(24)11-17(25)9-14/h2-4,6,8-11,33H,5,7,12-13H2,1H3,(H,26,30)(H,27,31)/t23-/m0/s1. The lowest BCUT2D eigenvalue weighted by Crippen LogP contribution is -2.52. The number of nitrogens with one attached hydrogen (secondary N) is 2. The molecule has 0 radical (unpaired) electrons. The van der Waals surface area contributed by atoms with Crippen LogP contribution in [0.3, 0.4) is 0 Å². The topological polar surface area (TPSA) is 104 Å². The third-order valence-electron chi connectivity index (χ3n) is 5.71. The molecular weight excluding hydrogens is 451 g/mol. The van der Waals surface area contributed by atoms with Crippen LogP contribution in [0.2, 0.25) is 5.02 Å².